The van der Waals surface area contributed by atoms with Crippen LogP contribution in [0.4, 0.5) is 10.5 Å². The number of carbonyl (C=O) groups is 2. The molecule has 1 heterocycles. The number of rotatable bonds is 8. The first-order valence-electron chi connectivity index (χ1n) is 11.4. The maximum Gasteiger partial charge on any atom is 0.322 e. The number of benzene rings is 2. The fourth-order valence-electron chi connectivity index (χ4n) is 3.91. The summed E-state index contributed by atoms with van der Waals surface area (Å²) in [6.45, 7) is 7.25. The number of amides is 3. The lowest BCUT2D eigenvalue weighted by Crippen LogP contribution is -2.45. The Hall–Kier alpha value is -3.12. The van der Waals surface area contributed by atoms with Crippen molar-refractivity contribution in [2.45, 2.75) is 52.7 Å². The van der Waals surface area contributed by atoms with Gasteiger partial charge in [-0.1, -0.05) is 48.0 Å². The van der Waals surface area contributed by atoms with Crippen LogP contribution in [0.15, 0.2) is 60.0 Å². The molecule has 2 aromatic carbocycles. The Kier molecular flexibility index (Phi) is 7.14. The fourth-order valence-corrected chi connectivity index (χ4v) is 4.84. The molecule has 1 fully saturated rings. The first-order valence-corrected chi connectivity index (χ1v) is 12.3. The maximum absolute atomic E-state index is 13.5. The quantitative estimate of drug-likeness (QED) is 0.454. The van der Waals surface area contributed by atoms with E-state index in [9.17, 15) is 9.59 Å². The molecular weight excluding hydrogens is 430 g/mol. The third-order valence-corrected chi connectivity index (χ3v) is 7.06. The summed E-state index contributed by atoms with van der Waals surface area (Å²) in [5.41, 5.74) is 5.23. The second-order valence-electron chi connectivity index (χ2n) is 8.87. The van der Waals surface area contributed by atoms with Gasteiger partial charge in [0.1, 0.15) is 6.54 Å². The van der Waals surface area contributed by atoms with Gasteiger partial charge in [0, 0.05) is 23.2 Å². The molecule has 0 radical (unpaired) electrons. The zero-order valence-corrected chi connectivity index (χ0v) is 20.3. The lowest BCUT2D eigenvalue weighted by molar-refractivity contribution is -0.133. The van der Waals surface area contributed by atoms with Crippen LogP contribution in [0.2, 0.25) is 0 Å². The van der Waals surface area contributed by atoms with E-state index in [4.69, 9.17) is 0 Å². The molecule has 1 N–H and O–H groups in total. The van der Waals surface area contributed by atoms with E-state index in [1.165, 1.54) is 10.4 Å². The number of thiophene rings is 1. The lowest BCUT2D eigenvalue weighted by atomic mass is 10.1. The molecule has 3 aromatic rings. The highest BCUT2D eigenvalue weighted by Gasteiger charge is 2.35. The molecule has 4 rings (SSSR count). The highest BCUT2D eigenvalue weighted by Crippen LogP contribution is 2.28. The molecule has 1 aliphatic carbocycles. The van der Waals surface area contributed by atoms with Crippen LogP contribution in [0.5, 0.6) is 0 Å². The van der Waals surface area contributed by atoms with Crippen LogP contribution in [0.3, 0.4) is 0 Å². The molecule has 3 amide bonds. The first-order chi connectivity index (χ1) is 15.9. The Morgan fingerprint density at radius 2 is 1.73 bits per heavy atom. The Labute approximate surface area is 200 Å². The van der Waals surface area contributed by atoms with E-state index in [0.717, 1.165) is 35.2 Å². The van der Waals surface area contributed by atoms with E-state index < -0.39 is 0 Å². The van der Waals surface area contributed by atoms with Crippen LogP contribution in [-0.2, 0) is 17.9 Å². The fraction of sp³-hybridized carbons (Fsp3) is 0.333. The summed E-state index contributed by atoms with van der Waals surface area (Å²) < 4.78 is 0. The second kappa shape index (κ2) is 10.2. The van der Waals surface area contributed by atoms with Crippen LogP contribution >= 0.6 is 11.3 Å². The predicted octanol–water partition coefficient (Wildman–Crippen LogP) is 5.90. The van der Waals surface area contributed by atoms with E-state index >= 15 is 0 Å². The van der Waals surface area contributed by atoms with Crippen molar-refractivity contribution < 1.29 is 9.59 Å². The van der Waals surface area contributed by atoms with Gasteiger partial charge in [-0.2, -0.15) is 0 Å². The zero-order chi connectivity index (χ0) is 23.4. The summed E-state index contributed by atoms with van der Waals surface area (Å²) in [4.78, 5) is 31.4. The molecule has 1 aliphatic rings. The minimum absolute atomic E-state index is 0.0330. The summed E-state index contributed by atoms with van der Waals surface area (Å²) in [5.74, 6) is -0.0330. The molecule has 172 valence electrons. The Morgan fingerprint density at radius 3 is 2.36 bits per heavy atom. The molecule has 0 atom stereocenters. The molecular formula is C27H31N3O2S. The van der Waals surface area contributed by atoms with E-state index in [1.54, 1.807) is 16.2 Å². The van der Waals surface area contributed by atoms with E-state index in [0.29, 0.717) is 13.1 Å². The Morgan fingerprint density at radius 1 is 0.970 bits per heavy atom. The van der Waals surface area contributed by atoms with Crippen molar-refractivity contribution >= 4 is 29.0 Å². The zero-order valence-electron chi connectivity index (χ0n) is 19.5. The summed E-state index contributed by atoms with van der Waals surface area (Å²) in [6, 6.07) is 18.0. The molecule has 6 heteroatoms. The molecule has 33 heavy (non-hydrogen) atoms. The normalized spacial score (nSPS) is 12.9. The molecule has 0 unspecified atom stereocenters. The third kappa shape index (κ3) is 6.02. The van der Waals surface area contributed by atoms with Crippen LogP contribution in [0, 0.1) is 20.8 Å². The van der Waals surface area contributed by atoms with Gasteiger partial charge in [-0.25, -0.2) is 4.79 Å². The highest BCUT2D eigenvalue weighted by molar-refractivity contribution is 7.10. The average Bonchev–Trinajstić information content (AvgIpc) is 3.56. The number of nitrogens with one attached hydrogen (secondary N) is 1. The van der Waals surface area contributed by atoms with Crippen molar-refractivity contribution in [3.05, 3.63) is 87.1 Å². The van der Waals surface area contributed by atoms with E-state index in [1.807, 2.05) is 67.3 Å². The van der Waals surface area contributed by atoms with E-state index in [-0.39, 0.29) is 24.5 Å². The van der Waals surface area contributed by atoms with Crippen molar-refractivity contribution in [3.63, 3.8) is 0 Å². The molecule has 0 saturated heterocycles. The monoisotopic (exact) mass is 461 g/mol. The topological polar surface area (TPSA) is 52.7 Å². The van der Waals surface area contributed by atoms with Crippen molar-refractivity contribution in [2.75, 3.05) is 11.9 Å². The third-order valence-electron chi connectivity index (χ3n) is 6.05. The number of carbonyl (C=O) groups excluding carboxylic acids is 2. The van der Waals surface area contributed by atoms with Crippen LogP contribution in [0.25, 0.3) is 0 Å². The molecule has 0 spiro atoms. The Balaban J connectivity index is 1.50. The molecule has 1 saturated carbocycles. The van der Waals surface area contributed by atoms with Crippen molar-refractivity contribution in [3.8, 4) is 0 Å². The van der Waals surface area contributed by atoms with Gasteiger partial charge in [-0.15, -0.1) is 11.3 Å². The number of aryl methyl sites for hydroxylation is 3. The summed E-state index contributed by atoms with van der Waals surface area (Å²) in [5, 5.41) is 5.09. The molecule has 0 bridgehead atoms. The smallest absolute Gasteiger partial charge is 0.322 e. The number of hydrogen-bond acceptors (Lipinski definition) is 3. The van der Waals surface area contributed by atoms with Gasteiger partial charge in [0.2, 0.25) is 5.91 Å². The highest BCUT2D eigenvalue weighted by atomic mass is 32.1. The number of nitrogens with zero attached hydrogens (tertiary/aromatic N) is 2. The van der Waals surface area contributed by atoms with Gasteiger partial charge < -0.3 is 15.1 Å². The number of hydrogen-bond donors (Lipinski definition) is 1. The number of anilines is 1. The van der Waals surface area contributed by atoms with Gasteiger partial charge >= 0.3 is 6.03 Å². The van der Waals surface area contributed by atoms with Crippen molar-refractivity contribution in [2.24, 2.45) is 0 Å². The second-order valence-corrected chi connectivity index (χ2v) is 9.87. The van der Waals surface area contributed by atoms with Gasteiger partial charge in [-0.05, 0) is 67.8 Å². The van der Waals surface area contributed by atoms with Gasteiger partial charge in [0.15, 0.2) is 0 Å². The van der Waals surface area contributed by atoms with Crippen LogP contribution < -0.4 is 5.32 Å². The molecule has 5 nitrogen and oxygen atoms in total. The van der Waals surface area contributed by atoms with E-state index in [2.05, 4.69) is 23.7 Å². The minimum Gasteiger partial charge on any atom is -0.332 e. The van der Waals surface area contributed by atoms with Crippen molar-refractivity contribution in [1.82, 2.24) is 9.80 Å². The first kappa shape index (κ1) is 23.1. The predicted molar refractivity (Wildman–Crippen MR) is 134 cm³/mol. The Bertz CT molecular complexity index is 1120. The summed E-state index contributed by atoms with van der Waals surface area (Å²) in [7, 11) is 0. The lowest BCUT2D eigenvalue weighted by Gasteiger charge is -2.28. The summed E-state index contributed by atoms with van der Waals surface area (Å²) >= 11 is 1.67. The van der Waals surface area contributed by atoms with Gasteiger partial charge in [-0.3, -0.25) is 4.79 Å². The molecule has 1 aromatic heterocycles. The van der Waals surface area contributed by atoms with Crippen LogP contribution in [0.1, 0.15) is 40.0 Å². The van der Waals surface area contributed by atoms with Gasteiger partial charge in [0.05, 0.1) is 6.54 Å². The van der Waals surface area contributed by atoms with Gasteiger partial charge in [0.25, 0.3) is 0 Å². The largest absolute Gasteiger partial charge is 0.332 e. The number of urea groups is 1. The maximum atomic E-state index is 13.5. The van der Waals surface area contributed by atoms with Crippen LogP contribution in [-0.4, -0.2) is 34.3 Å². The SMILES string of the molecule is Cc1ccc(NC(=O)N(CC(=O)N(Cc2ccccc2)Cc2sccc2C)C2CC2)c(C)c1. The standard InChI is InChI=1S/C27H31N3O2S/c1-19-9-12-24(21(3)15-19)28-27(32)30(23-10-11-23)18-26(31)29(16-22-7-5-4-6-8-22)17-25-20(2)13-14-33-25/h4-9,12-15,23H,10-11,16-18H2,1-3H3,(H,28,32). The summed E-state index contributed by atoms with van der Waals surface area (Å²) in [6.07, 6.45) is 1.88. The average molecular weight is 462 g/mol. The minimum atomic E-state index is -0.204. The molecule has 0 aliphatic heterocycles. The van der Waals surface area contributed by atoms with Crippen molar-refractivity contribution in [1.29, 1.82) is 0 Å².